The SMILES string of the molecule is CC(C)[C@@H](C(=O)N1CCc2cc3c(cc2[C@H]1C)OCCCO3)N1C(=O)c2ccccc2C1=O. The van der Waals surface area contributed by atoms with E-state index in [0.717, 1.165) is 28.2 Å². The Morgan fingerprint density at radius 2 is 1.61 bits per heavy atom. The van der Waals surface area contributed by atoms with Gasteiger partial charge in [-0.3, -0.25) is 19.3 Å². The number of rotatable bonds is 3. The minimum Gasteiger partial charge on any atom is -0.490 e. The van der Waals surface area contributed by atoms with Crippen molar-refractivity contribution in [2.24, 2.45) is 5.92 Å². The van der Waals surface area contributed by atoms with Crippen molar-refractivity contribution in [3.8, 4) is 11.5 Å². The molecular formula is C26H28N2O5. The zero-order valence-corrected chi connectivity index (χ0v) is 19.2. The van der Waals surface area contributed by atoms with Crippen LogP contribution < -0.4 is 9.47 Å². The molecule has 0 aliphatic carbocycles. The highest BCUT2D eigenvalue weighted by Gasteiger charge is 2.46. The molecule has 2 aromatic carbocycles. The Bertz CT molecular complexity index is 1110. The molecule has 33 heavy (non-hydrogen) atoms. The second-order valence-corrected chi connectivity index (χ2v) is 9.22. The first-order valence-electron chi connectivity index (χ1n) is 11.6. The summed E-state index contributed by atoms with van der Waals surface area (Å²) in [7, 11) is 0. The Balaban J connectivity index is 1.46. The van der Waals surface area contributed by atoms with Gasteiger partial charge in [-0.2, -0.15) is 0 Å². The summed E-state index contributed by atoms with van der Waals surface area (Å²) in [6.07, 6.45) is 1.50. The number of imide groups is 1. The van der Waals surface area contributed by atoms with Crippen LogP contribution in [-0.2, 0) is 11.2 Å². The van der Waals surface area contributed by atoms with Crippen LogP contribution >= 0.6 is 0 Å². The first-order valence-corrected chi connectivity index (χ1v) is 11.6. The van der Waals surface area contributed by atoms with Crippen molar-refractivity contribution >= 4 is 17.7 Å². The normalized spacial score (nSPS) is 20.4. The number of fused-ring (bicyclic) bond motifs is 3. The molecule has 3 amide bonds. The fraction of sp³-hybridized carbons (Fsp3) is 0.423. The predicted octanol–water partition coefficient (Wildman–Crippen LogP) is 3.61. The molecule has 0 N–H and O–H groups in total. The summed E-state index contributed by atoms with van der Waals surface area (Å²) in [5.74, 6) is 0.228. The van der Waals surface area contributed by atoms with E-state index >= 15 is 0 Å². The Kier molecular flexibility index (Phi) is 5.35. The van der Waals surface area contributed by atoms with Crippen molar-refractivity contribution in [3.05, 3.63) is 58.7 Å². The Labute approximate surface area is 193 Å². The third kappa shape index (κ3) is 3.46. The van der Waals surface area contributed by atoms with Crippen LogP contribution in [0.5, 0.6) is 11.5 Å². The van der Waals surface area contributed by atoms with E-state index in [1.54, 1.807) is 29.2 Å². The van der Waals surface area contributed by atoms with E-state index in [4.69, 9.17) is 9.47 Å². The first kappa shape index (κ1) is 21.5. The van der Waals surface area contributed by atoms with Gasteiger partial charge in [0.2, 0.25) is 5.91 Å². The van der Waals surface area contributed by atoms with Crippen LogP contribution in [-0.4, -0.2) is 53.3 Å². The maximum absolute atomic E-state index is 13.9. The lowest BCUT2D eigenvalue weighted by Crippen LogP contribution is -2.55. The molecule has 0 unspecified atom stereocenters. The van der Waals surface area contributed by atoms with Crippen molar-refractivity contribution < 1.29 is 23.9 Å². The summed E-state index contributed by atoms with van der Waals surface area (Å²) >= 11 is 0. The Morgan fingerprint density at radius 3 is 2.21 bits per heavy atom. The number of ether oxygens (including phenoxy) is 2. The number of benzene rings is 2. The van der Waals surface area contributed by atoms with Gasteiger partial charge >= 0.3 is 0 Å². The van der Waals surface area contributed by atoms with Gasteiger partial charge in [-0.1, -0.05) is 26.0 Å². The molecule has 7 heteroatoms. The molecule has 2 aromatic rings. The molecule has 0 saturated carbocycles. The van der Waals surface area contributed by atoms with Gasteiger partial charge in [0.25, 0.3) is 11.8 Å². The van der Waals surface area contributed by atoms with E-state index in [-0.39, 0.29) is 17.9 Å². The number of hydrogen-bond acceptors (Lipinski definition) is 5. The van der Waals surface area contributed by atoms with Gasteiger partial charge in [-0.25, -0.2) is 0 Å². The topological polar surface area (TPSA) is 76.2 Å². The van der Waals surface area contributed by atoms with E-state index in [2.05, 4.69) is 0 Å². The molecule has 0 radical (unpaired) electrons. The average molecular weight is 449 g/mol. The Morgan fingerprint density at radius 1 is 1.00 bits per heavy atom. The number of carbonyl (C=O) groups excluding carboxylic acids is 3. The maximum atomic E-state index is 13.9. The van der Waals surface area contributed by atoms with Crippen molar-refractivity contribution in [3.63, 3.8) is 0 Å². The molecule has 2 atom stereocenters. The molecule has 172 valence electrons. The number of hydrogen-bond donors (Lipinski definition) is 0. The maximum Gasteiger partial charge on any atom is 0.262 e. The van der Waals surface area contributed by atoms with Crippen LogP contribution in [0.3, 0.4) is 0 Å². The second kappa shape index (κ2) is 8.21. The number of carbonyl (C=O) groups is 3. The summed E-state index contributed by atoms with van der Waals surface area (Å²) in [6, 6.07) is 9.69. The second-order valence-electron chi connectivity index (χ2n) is 9.22. The summed E-state index contributed by atoms with van der Waals surface area (Å²) in [5.41, 5.74) is 2.87. The largest absolute Gasteiger partial charge is 0.490 e. The zero-order chi connectivity index (χ0) is 23.3. The molecule has 3 heterocycles. The molecule has 3 aliphatic rings. The molecular weight excluding hydrogens is 420 g/mol. The van der Waals surface area contributed by atoms with Crippen molar-refractivity contribution in [1.82, 2.24) is 9.80 Å². The first-order chi connectivity index (χ1) is 15.9. The molecule has 7 nitrogen and oxygen atoms in total. The van der Waals surface area contributed by atoms with Gasteiger partial charge in [-0.05, 0) is 54.7 Å². The molecule has 0 bridgehead atoms. The highest BCUT2D eigenvalue weighted by atomic mass is 16.5. The molecule has 0 saturated heterocycles. The van der Waals surface area contributed by atoms with Crippen molar-refractivity contribution in [2.45, 2.75) is 45.7 Å². The summed E-state index contributed by atoms with van der Waals surface area (Å²) in [6.45, 7) is 7.47. The molecule has 0 spiro atoms. The van der Waals surface area contributed by atoms with E-state index in [1.807, 2.05) is 32.9 Å². The minimum atomic E-state index is -0.859. The molecule has 0 fully saturated rings. The Hall–Kier alpha value is -3.35. The molecule has 0 aromatic heterocycles. The lowest BCUT2D eigenvalue weighted by atomic mass is 9.91. The fourth-order valence-electron chi connectivity index (χ4n) is 5.10. The van der Waals surface area contributed by atoms with Gasteiger partial charge in [-0.15, -0.1) is 0 Å². The molecule has 3 aliphatic heterocycles. The lowest BCUT2D eigenvalue weighted by Gasteiger charge is -2.40. The van der Waals surface area contributed by atoms with Gasteiger partial charge in [0, 0.05) is 13.0 Å². The van der Waals surface area contributed by atoms with Gasteiger partial charge in [0.1, 0.15) is 6.04 Å². The number of amides is 3. The quantitative estimate of drug-likeness (QED) is 0.671. The van der Waals surface area contributed by atoms with E-state index in [1.165, 1.54) is 0 Å². The smallest absolute Gasteiger partial charge is 0.262 e. The van der Waals surface area contributed by atoms with Crippen molar-refractivity contribution in [1.29, 1.82) is 0 Å². The summed E-state index contributed by atoms with van der Waals surface area (Å²) in [5, 5.41) is 0. The predicted molar refractivity (Wildman–Crippen MR) is 121 cm³/mol. The fourth-order valence-corrected chi connectivity index (χ4v) is 5.10. The highest BCUT2D eigenvalue weighted by Crippen LogP contribution is 2.40. The summed E-state index contributed by atoms with van der Waals surface area (Å²) < 4.78 is 11.7. The van der Waals surface area contributed by atoms with Crippen LogP contribution in [0.2, 0.25) is 0 Å². The standard InChI is InChI=1S/C26H28N2O5/c1-15(2)23(28-24(29)18-7-4-5-8-19(18)25(28)30)26(31)27-10-9-17-13-21-22(14-20(17)16(27)3)33-12-6-11-32-21/h4-5,7-8,13-16,23H,6,9-12H2,1-3H3/t16-,23+/m1/s1. The zero-order valence-electron chi connectivity index (χ0n) is 19.2. The van der Waals surface area contributed by atoms with E-state index in [0.29, 0.717) is 43.1 Å². The average Bonchev–Trinajstić information content (AvgIpc) is 2.95. The summed E-state index contributed by atoms with van der Waals surface area (Å²) in [4.78, 5) is 43.0. The van der Waals surface area contributed by atoms with Crippen LogP contribution in [0.1, 0.15) is 65.1 Å². The molecule has 5 rings (SSSR count). The third-order valence-electron chi connectivity index (χ3n) is 6.82. The lowest BCUT2D eigenvalue weighted by molar-refractivity contribution is -0.139. The highest BCUT2D eigenvalue weighted by molar-refractivity contribution is 6.22. The van der Waals surface area contributed by atoms with Gasteiger partial charge in [0.05, 0.1) is 30.4 Å². The van der Waals surface area contributed by atoms with Crippen LogP contribution in [0, 0.1) is 5.92 Å². The van der Waals surface area contributed by atoms with Crippen molar-refractivity contribution in [2.75, 3.05) is 19.8 Å². The van der Waals surface area contributed by atoms with Crippen LogP contribution in [0.15, 0.2) is 36.4 Å². The van der Waals surface area contributed by atoms with Gasteiger partial charge in [0.15, 0.2) is 11.5 Å². The van der Waals surface area contributed by atoms with Crippen LogP contribution in [0.4, 0.5) is 0 Å². The minimum absolute atomic E-state index is 0.204. The monoisotopic (exact) mass is 448 g/mol. The number of nitrogens with zero attached hydrogens (tertiary/aromatic N) is 2. The van der Waals surface area contributed by atoms with E-state index < -0.39 is 17.9 Å². The van der Waals surface area contributed by atoms with Gasteiger partial charge < -0.3 is 14.4 Å². The third-order valence-corrected chi connectivity index (χ3v) is 6.82. The van der Waals surface area contributed by atoms with Crippen LogP contribution in [0.25, 0.3) is 0 Å². The van der Waals surface area contributed by atoms with E-state index in [9.17, 15) is 14.4 Å².